The van der Waals surface area contributed by atoms with Crippen molar-refractivity contribution in [2.24, 2.45) is 5.92 Å². The number of para-hydroxylation sites is 1. The summed E-state index contributed by atoms with van der Waals surface area (Å²) in [5.74, 6) is 0.299. The highest BCUT2D eigenvalue weighted by atomic mass is 32.1. The number of carbonyl (C=O) groups is 2. The van der Waals surface area contributed by atoms with E-state index in [2.05, 4.69) is 35.9 Å². The van der Waals surface area contributed by atoms with Crippen LogP contribution in [0.25, 0.3) is 16.6 Å². The summed E-state index contributed by atoms with van der Waals surface area (Å²) in [5, 5.41) is 6.19. The lowest BCUT2D eigenvalue weighted by Gasteiger charge is -2.44. The van der Waals surface area contributed by atoms with Crippen molar-refractivity contribution in [2.75, 3.05) is 13.1 Å². The summed E-state index contributed by atoms with van der Waals surface area (Å²) in [4.78, 5) is 31.0. The molecule has 0 radical (unpaired) electrons. The second kappa shape index (κ2) is 9.38. The van der Waals surface area contributed by atoms with Crippen molar-refractivity contribution in [3.63, 3.8) is 0 Å². The molecule has 0 fully saturated rings. The molecule has 0 spiro atoms. The third-order valence-corrected chi connectivity index (χ3v) is 7.91. The molecule has 1 unspecified atom stereocenters. The van der Waals surface area contributed by atoms with Gasteiger partial charge in [0.1, 0.15) is 11.2 Å². The van der Waals surface area contributed by atoms with Crippen LogP contribution in [-0.2, 0) is 17.8 Å². The highest BCUT2D eigenvalue weighted by Crippen LogP contribution is 2.37. The van der Waals surface area contributed by atoms with Crippen LogP contribution < -0.4 is 5.32 Å². The van der Waals surface area contributed by atoms with Gasteiger partial charge in [-0.25, -0.2) is 0 Å². The Balaban J connectivity index is 1.60. The summed E-state index contributed by atoms with van der Waals surface area (Å²) in [6, 6.07) is 16.1. The Hall–Kier alpha value is -3.32. The fraction of sp³-hybridized carbons (Fsp3) is 0.357. The van der Waals surface area contributed by atoms with Gasteiger partial charge >= 0.3 is 0 Å². The van der Waals surface area contributed by atoms with Crippen molar-refractivity contribution in [2.45, 2.75) is 45.7 Å². The first kappa shape index (κ1) is 23.4. The van der Waals surface area contributed by atoms with Crippen molar-refractivity contribution < 1.29 is 9.59 Å². The third-order valence-electron chi connectivity index (χ3n) is 6.97. The van der Waals surface area contributed by atoms with Gasteiger partial charge in [0.2, 0.25) is 5.91 Å². The topological polar surface area (TPSA) is 59.3 Å². The first-order valence-electron chi connectivity index (χ1n) is 12.3. The van der Waals surface area contributed by atoms with Crippen LogP contribution in [-0.4, -0.2) is 44.5 Å². The number of thiophene rings is 1. The van der Waals surface area contributed by atoms with Crippen LogP contribution in [0.1, 0.15) is 42.6 Å². The summed E-state index contributed by atoms with van der Waals surface area (Å²) in [6.45, 7) is 7.70. The molecule has 1 aliphatic heterocycles. The van der Waals surface area contributed by atoms with Crippen LogP contribution >= 0.6 is 11.3 Å². The van der Waals surface area contributed by atoms with E-state index in [-0.39, 0.29) is 11.8 Å². The third kappa shape index (κ3) is 4.18. The van der Waals surface area contributed by atoms with E-state index < -0.39 is 5.54 Å². The number of hydrogen-bond donors (Lipinski definition) is 1. The normalized spacial score (nSPS) is 17.8. The van der Waals surface area contributed by atoms with E-state index in [1.165, 1.54) is 4.88 Å². The maximum atomic E-state index is 14.3. The first-order valence-corrected chi connectivity index (χ1v) is 13.2. The van der Waals surface area contributed by atoms with Gasteiger partial charge in [-0.3, -0.25) is 9.59 Å². The van der Waals surface area contributed by atoms with Crippen molar-refractivity contribution >= 4 is 34.1 Å². The molecule has 1 aromatic carbocycles. The monoisotopic (exact) mass is 488 g/mol. The average Bonchev–Trinajstić information content (AvgIpc) is 3.59. The van der Waals surface area contributed by atoms with Gasteiger partial charge in [0.25, 0.3) is 5.91 Å². The van der Waals surface area contributed by atoms with Gasteiger partial charge in [-0.05, 0) is 55.3 Å². The SMILES string of the molecule is CC(C)CCNC(=O)C1(C)Cn2c(c(-n3cccc3)c3ccccc32)C(=O)N1CCc1cccs1. The average molecular weight is 489 g/mol. The van der Waals surface area contributed by atoms with Crippen LogP contribution in [0.5, 0.6) is 0 Å². The number of amides is 2. The fourth-order valence-corrected chi connectivity index (χ4v) is 5.74. The van der Waals surface area contributed by atoms with Crippen molar-refractivity contribution in [1.82, 2.24) is 19.4 Å². The van der Waals surface area contributed by atoms with E-state index in [0.717, 1.165) is 29.4 Å². The van der Waals surface area contributed by atoms with E-state index in [0.29, 0.717) is 31.2 Å². The second-order valence-corrected chi connectivity index (χ2v) is 10.9. The van der Waals surface area contributed by atoms with E-state index in [1.807, 2.05) is 65.7 Å². The molecule has 0 saturated carbocycles. The van der Waals surface area contributed by atoms with E-state index >= 15 is 0 Å². The van der Waals surface area contributed by atoms with E-state index in [4.69, 9.17) is 0 Å². The highest BCUT2D eigenvalue weighted by Gasteiger charge is 2.48. The van der Waals surface area contributed by atoms with Crippen LogP contribution in [0, 0.1) is 5.92 Å². The number of nitrogens with one attached hydrogen (secondary N) is 1. The van der Waals surface area contributed by atoms with Gasteiger partial charge in [0.05, 0.1) is 17.7 Å². The Kier molecular flexibility index (Phi) is 6.28. The molecule has 4 aromatic rings. The molecule has 0 bridgehead atoms. The molecule has 3 aromatic heterocycles. The summed E-state index contributed by atoms with van der Waals surface area (Å²) in [6.07, 6.45) is 5.56. The number of aromatic nitrogens is 2. The van der Waals surface area contributed by atoms with Gasteiger partial charge in [-0.15, -0.1) is 11.3 Å². The number of hydrogen-bond acceptors (Lipinski definition) is 3. The number of fused-ring (bicyclic) bond motifs is 3. The maximum absolute atomic E-state index is 14.3. The lowest BCUT2D eigenvalue weighted by molar-refractivity contribution is -0.132. The largest absolute Gasteiger partial charge is 0.354 e. The predicted octanol–water partition coefficient (Wildman–Crippen LogP) is 5.11. The lowest BCUT2D eigenvalue weighted by atomic mass is 9.94. The molecule has 1 aliphatic rings. The molecular weight excluding hydrogens is 456 g/mol. The highest BCUT2D eigenvalue weighted by molar-refractivity contribution is 7.09. The van der Waals surface area contributed by atoms with Crippen molar-refractivity contribution in [3.8, 4) is 5.69 Å². The summed E-state index contributed by atoms with van der Waals surface area (Å²) in [5.41, 5.74) is 1.49. The Morgan fingerprint density at radius 1 is 1.11 bits per heavy atom. The van der Waals surface area contributed by atoms with Gasteiger partial charge in [0, 0.05) is 35.7 Å². The quantitative estimate of drug-likeness (QED) is 0.375. The molecule has 0 saturated heterocycles. The number of benzene rings is 1. The van der Waals surface area contributed by atoms with Gasteiger partial charge < -0.3 is 19.4 Å². The number of nitrogens with zero attached hydrogens (tertiary/aromatic N) is 3. The molecule has 35 heavy (non-hydrogen) atoms. The van der Waals surface area contributed by atoms with E-state index in [9.17, 15) is 9.59 Å². The molecule has 1 atom stereocenters. The van der Waals surface area contributed by atoms with E-state index in [1.54, 1.807) is 16.2 Å². The van der Waals surface area contributed by atoms with Crippen LogP contribution in [0.15, 0.2) is 66.3 Å². The molecule has 2 amide bonds. The summed E-state index contributed by atoms with van der Waals surface area (Å²) >= 11 is 1.68. The zero-order chi connectivity index (χ0) is 24.6. The Morgan fingerprint density at radius 3 is 2.60 bits per heavy atom. The minimum Gasteiger partial charge on any atom is -0.354 e. The molecule has 1 N–H and O–H groups in total. The van der Waals surface area contributed by atoms with Gasteiger partial charge in [0.15, 0.2) is 0 Å². The number of carbonyl (C=O) groups excluding carboxylic acids is 2. The van der Waals surface area contributed by atoms with Crippen LogP contribution in [0.4, 0.5) is 0 Å². The molecule has 5 rings (SSSR count). The Labute approximate surface area is 210 Å². The maximum Gasteiger partial charge on any atom is 0.273 e. The molecule has 4 heterocycles. The molecular formula is C28H32N4O2S. The van der Waals surface area contributed by atoms with Crippen molar-refractivity contribution in [1.29, 1.82) is 0 Å². The molecule has 0 aliphatic carbocycles. The minimum atomic E-state index is -0.992. The first-order chi connectivity index (χ1) is 16.9. The van der Waals surface area contributed by atoms with Crippen LogP contribution in [0.2, 0.25) is 0 Å². The smallest absolute Gasteiger partial charge is 0.273 e. The second-order valence-electron chi connectivity index (χ2n) is 9.89. The van der Waals surface area contributed by atoms with Gasteiger partial charge in [-0.2, -0.15) is 0 Å². The Morgan fingerprint density at radius 2 is 1.89 bits per heavy atom. The lowest BCUT2D eigenvalue weighted by Crippen LogP contribution is -2.64. The minimum absolute atomic E-state index is 0.0939. The summed E-state index contributed by atoms with van der Waals surface area (Å²) in [7, 11) is 0. The molecule has 6 nitrogen and oxygen atoms in total. The number of rotatable bonds is 8. The van der Waals surface area contributed by atoms with Crippen molar-refractivity contribution in [3.05, 3.63) is 76.9 Å². The zero-order valence-corrected chi connectivity index (χ0v) is 21.3. The van der Waals surface area contributed by atoms with Gasteiger partial charge in [-0.1, -0.05) is 38.1 Å². The Bertz CT molecular complexity index is 1340. The predicted molar refractivity (Wildman–Crippen MR) is 141 cm³/mol. The standard InChI is InChI=1S/C28H32N4O2S/c1-20(2)12-14-29-27(34)28(3)19-31-23-11-5-4-10-22(23)24(30-15-6-7-16-30)25(31)26(33)32(28)17-13-21-9-8-18-35-21/h4-11,15-16,18,20H,12-14,17,19H2,1-3H3,(H,29,34). The molecule has 7 heteroatoms. The molecule has 182 valence electrons. The zero-order valence-electron chi connectivity index (χ0n) is 20.5. The summed E-state index contributed by atoms with van der Waals surface area (Å²) < 4.78 is 4.06. The fourth-order valence-electron chi connectivity index (χ4n) is 5.04. The van der Waals surface area contributed by atoms with Crippen LogP contribution in [0.3, 0.4) is 0 Å².